The SMILES string of the molecule is O=S(=O)(c1nn2nnnc2c2ccccc12)C1CCCCC1. The van der Waals surface area contributed by atoms with Crippen molar-refractivity contribution < 1.29 is 8.42 Å². The quantitative estimate of drug-likeness (QED) is 0.715. The van der Waals surface area contributed by atoms with Crippen LogP contribution in [-0.4, -0.2) is 38.9 Å². The summed E-state index contributed by atoms with van der Waals surface area (Å²) < 4.78 is 27.3. The smallest absolute Gasteiger partial charge is 0.207 e. The molecule has 0 spiro atoms. The number of rotatable bonds is 2. The first-order chi connectivity index (χ1) is 10.7. The maximum absolute atomic E-state index is 13.0. The lowest BCUT2D eigenvalue weighted by atomic mass is 10.0. The Morgan fingerprint density at radius 2 is 1.77 bits per heavy atom. The van der Waals surface area contributed by atoms with Gasteiger partial charge >= 0.3 is 0 Å². The predicted octanol–water partition coefficient (Wildman–Crippen LogP) is 1.78. The Morgan fingerprint density at radius 3 is 2.55 bits per heavy atom. The van der Waals surface area contributed by atoms with Crippen LogP contribution in [0.3, 0.4) is 0 Å². The van der Waals surface area contributed by atoms with Crippen molar-refractivity contribution in [3.63, 3.8) is 0 Å². The summed E-state index contributed by atoms with van der Waals surface area (Å²) in [5.74, 6) is 0. The third-order valence-corrected chi connectivity index (χ3v) is 6.49. The summed E-state index contributed by atoms with van der Waals surface area (Å²) in [7, 11) is -3.49. The Hall–Kier alpha value is -2.09. The van der Waals surface area contributed by atoms with Gasteiger partial charge in [-0.1, -0.05) is 43.5 Å². The normalized spacial score (nSPS) is 17.3. The van der Waals surface area contributed by atoms with Crippen LogP contribution in [0.5, 0.6) is 0 Å². The highest BCUT2D eigenvalue weighted by Gasteiger charge is 2.32. The first-order valence-electron chi connectivity index (χ1n) is 7.39. The van der Waals surface area contributed by atoms with E-state index >= 15 is 0 Å². The highest BCUT2D eigenvalue weighted by Crippen LogP contribution is 2.31. The van der Waals surface area contributed by atoms with Crippen molar-refractivity contribution in [1.29, 1.82) is 0 Å². The van der Waals surface area contributed by atoms with Crippen molar-refractivity contribution in [1.82, 2.24) is 25.3 Å². The van der Waals surface area contributed by atoms with Crippen molar-refractivity contribution in [2.24, 2.45) is 0 Å². The fourth-order valence-electron chi connectivity index (χ4n) is 3.16. The summed E-state index contributed by atoms with van der Waals surface area (Å²) in [6, 6.07) is 7.24. The van der Waals surface area contributed by atoms with Gasteiger partial charge in [0.05, 0.1) is 5.25 Å². The number of tetrazole rings is 1. The average molecular weight is 317 g/mol. The maximum atomic E-state index is 13.0. The standard InChI is InChI=1S/C14H15N5O2S/c20-22(21,10-6-2-1-3-7-10)14-12-9-5-4-8-11(12)13-15-17-18-19(13)16-14/h4-5,8-10H,1-3,6-7H2. The molecule has 8 heteroatoms. The second-order valence-corrected chi connectivity index (χ2v) is 7.79. The monoisotopic (exact) mass is 317 g/mol. The average Bonchev–Trinajstić information content (AvgIpc) is 3.04. The topological polar surface area (TPSA) is 90.1 Å². The van der Waals surface area contributed by atoms with Gasteiger partial charge in [0.15, 0.2) is 5.03 Å². The molecule has 0 unspecified atom stereocenters. The van der Waals surface area contributed by atoms with Crippen LogP contribution in [-0.2, 0) is 9.84 Å². The van der Waals surface area contributed by atoms with Gasteiger partial charge in [-0.15, -0.1) is 14.8 Å². The minimum atomic E-state index is -3.49. The second-order valence-electron chi connectivity index (χ2n) is 5.65. The van der Waals surface area contributed by atoms with Crippen LogP contribution < -0.4 is 0 Å². The van der Waals surface area contributed by atoms with Gasteiger partial charge in [-0.2, -0.15) is 0 Å². The number of hydrogen-bond acceptors (Lipinski definition) is 6. The Labute approximate surface area is 127 Å². The molecule has 3 aromatic rings. The van der Waals surface area contributed by atoms with Crippen LogP contribution in [0.2, 0.25) is 0 Å². The summed E-state index contributed by atoms with van der Waals surface area (Å²) in [5.41, 5.74) is 0.471. The summed E-state index contributed by atoms with van der Waals surface area (Å²) in [6.45, 7) is 0. The van der Waals surface area contributed by atoms with Gasteiger partial charge in [0.2, 0.25) is 15.5 Å². The first-order valence-corrected chi connectivity index (χ1v) is 8.93. The Balaban J connectivity index is 2.00. The van der Waals surface area contributed by atoms with Gasteiger partial charge in [0, 0.05) is 10.8 Å². The zero-order valence-corrected chi connectivity index (χ0v) is 12.7. The number of aromatic nitrogens is 5. The molecule has 0 atom stereocenters. The molecule has 1 saturated carbocycles. The van der Waals surface area contributed by atoms with Crippen molar-refractivity contribution in [3.05, 3.63) is 24.3 Å². The van der Waals surface area contributed by atoms with Gasteiger partial charge in [-0.25, -0.2) is 8.42 Å². The fourth-order valence-corrected chi connectivity index (χ4v) is 5.10. The molecule has 0 aliphatic heterocycles. The second kappa shape index (κ2) is 4.98. The van der Waals surface area contributed by atoms with Crippen molar-refractivity contribution in [3.8, 4) is 0 Å². The van der Waals surface area contributed by atoms with E-state index in [0.29, 0.717) is 29.3 Å². The van der Waals surface area contributed by atoms with E-state index in [1.807, 2.05) is 18.2 Å². The minimum Gasteiger partial charge on any atom is -0.222 e. The van der Waals surface area contributed by atoms with E-state index < -0.39 is 9.84 Å². The predicted molar refractivity (Wildman–Crippen MR) is 80.1 cm³/mol. The lowest BCUT2D eigenvalue weighted by Gasteiger charge is -2.21. The molecule has 2 heterocycles. The summed E-state index contributed by atoms with van der Waals surface area (Å²) >= 11 is 0. The number of benzene rings is 1. The van der Waals surface area contributed by atoms with Crippen LogP contribution >= 0.6 is 0 Å². The van der Waals surface area contributed by atoms with E-state index in [-0.39, 0.29) is 10.3 Å². The summed E-state index contributed by atoms with van der Waals surface area (Å²) in [4.78, 5) is 0. The van der Waals surface area contributed by atoms with Gasteiger partial charge < -0.3 is 0 Å². The van der Waals surface area contributed by atoms with Crippen LogP contribution in [0.1, 0.15) is 32.1 Å². The minimum absolute atomic E-state index is 0.0924. The van der Waals surface area contributed by atoms with E-state index in [2.05, 4.69) is 20.6 Å². The van der Waals surface area contributed by atoms with E-state index in [1.54, 1.807) is 6.07 Å². The van der Waals surface area contributed by atoms with Gasteiger partial charge in [-0.3, -0.25) is 0 Å². The van der Waals surface area contributed by atoms with Crippen molar-refractivity contribution in [2.75, 3.05) is 0 Å². The Bertz CT molecular complexity index is 944. The van der Waals surface area contributed by atoms with Gasteiger partial charge in [-0.05, 0) is 23.3 Å². The number of fused-ring (bicyclic) bond motifs is 3. The number of nitrogens with zero attached hydrogens (tertiary/aromatic N) is 5. The highest BCUT2D eigenvalue weighted by molar-refractivity contribution is 7.92. The van der Waals surface area contributed by atoms with Gasteiger partial charge in [0.25, 0.3) is 0 Å². The third-order valence-electron chi connectivity index (χ3n) is 4.30. The van der Waals surface area contributed by atoms with Crippen LogP contribution in [0.25, 0.3) is 16.4 Å². The van der Waals surface area contributed by atoms with E-state index in [4.69, 9.17) is 0 Å². The maximum Gasteiger partial charge on any atom is 0.207 e. The zero-order chi connectivity index (χ0) is 15.2. The van der Waals surface area contributed by atoms with Gasteiger partial charge in [0.1, 0.15) is 0 Å². The lowest BCUT2D eigenvalue weighted by Crippen LogP contribution is -2.25. The molecule has 0 radical (unpaired) electrons. The third kappa shape index (κ3) is 1.98. The lowest BCUT2D eigenvalue weighted by molar-refractivity contribution is 0.481. The molecule has 1 aromatic carbocycles. The molecule has 1 fully saturated rings. The van der Waals surface area contributed by atoms with Crippen LogP contribution in [0.4, 0.5) is 0 Å². The molecule has 1 aliphatic carbocycles. The molecule has 0 saturated heterocycles. The Morgan fingerprint density at radius 1 is 1.05 bits per heavy atom. The van der Waals surface area contributed by atoms with Crippen molar-refractivity contribution >= 4 is 26.3 Å². The molecule has 2 aromatic heterocycles. The van der Waals surface area contributed by atoms with E-state index in [0.717, 1.165) is 19.3 Å². The molecule has 7 nitrogen and oxygen atoms in total. The molecule has 4 rings (SSSR count). The van der Waals surface area contributed by atoms with E-state index in [9.17, 15) is 8.42 Å². The summed E-state index contributed by atoms with van der Waals surface area (Å²) in [5, 5.41) is 16.5. The number of hydrogen-bond donors (Lipinski definition) is 0. The van der Waals surface area contributed by atoms with Crippen molar-refractivity contribution in [2.45, 2.75) is 42.4 Å². The molecule has 0 amide bonds. The molecule has 0 N–H and O–H groups in total. The fraction of sp³-hybridized carbons (Fsp3) is 0.429. The number of sulfone groups is 1. The first kappa shape index (κ1) is 13.6. The van der Waals surface area contributed by atoms with Crippen LogP contribution in [0.15, 0.2) is 29.3 Å². The highest BCUT2D eigenvalue weighted by atomic mass is 32.2. The molecular formula is C14H15N5O2S. The molecule has 1 aliphatic rings. The molecular weight excluding hydrogens is 302 g/mol. The Kier molecular flexibility index (Phi) is 3.07. The molecule has 22 heavy (non-hydrogen) atoms. The zero-order valence-electron chi connectivity index (χ0n) is 11.9. The van der Waals surface area contributed by atoms with Crippen LogP contribution in [0, 0.1) is 0 Å². The molecule has 114 valence electrons. The largest absolute Gasteiger partial charge is 0.222 e. The van der Waals surface area contributed by atoms with E-state index in [1.165, 1.54) is 4.63 Å². The summed E-state index contributed by atoms with van der Waals surface area (Å²) in [6.07, 6.45) is 4.41. The molecule has 0 bridgehead atoms.